The van der Waals surface area contributed by atoms with Crippen LogP contribution < -0.4 is 5.32 Å². The van der Waals surface area contributed by atoms with Crippen LogP contribution in [0.3, 0.4) is 0 Å². The van der Waals surface area contributed by atoms with Gasteiger partial charge in [0.15, 0.2) is 5.78 Å². The molecule has 0 aromatic heterocycles. The van der Waals surface area contributed by atoms with Crippen LogP contribution in [0.15, 0.2) is 104 Å². The molecule has 4 aliphatic rings. The topological polar surface area (TPSA) is 70.0 Å². The first-order chi connectivity index (χ1) is 17.9. The van der Waals surface area contributed by atoms with E-state index in [-0.39, 0.29) is 18.2 Å². The van der Waals surface area contributed by atoms with Crippen molar-refractivity contribution in [2.75, 3.05) is 0 Å². The maximum Gasteiger partial charge on any atom is 0.253 e. The van der Waals surface area contributed by atoms with Gasteiger partial charge in [0.1, 0.15) is 0 Å². The third-order valence-electron chi connectivity index (χ3n) is 7.03. The second-order valence-electron chi connectivity index (χ2n) is 9.83. The van der Waals surface area contributed by atoms with Crippen molar-refractivity contribution in [3.05, 3.63) is 104 Å². The Morgan fingerprint density at radius 3 is 2.62 bits per heavy atom. The summed E-state index contributed by atoms with van der Waals surface area (Å²) in [7, 11) is 0. The van der Waals surface area contributed by atoms with Crippen LogP contribution in [0, 0.1) is 11.3 Å². The molecule has 0 radical (unpaired) electrons. The van der Waals surface area contributed by atoms with Crippen molar-refractivity contribution < 1.29 is 9.59 Å². The summed E-state index contributed by atoms with van der Waals surface area (Å²) in [5.41, 5.74) is 14.0. The number of halogens is 1. The standard InChI is InChI=1S/C32H33ClN2O2/c1-3-5-21(2)31(33)29(16-17-34)32(37)35-28-7-4-6-23-12-15-26(19-27(23)20-28)24-10-8-22(9-11-24)18-30(36)25-13-14-25/h3,6-7,10,17-20,25,34H,8-9,11-16H2,1-2H3,(H,35,37)/b22-18+,31-29-,34-17?. The number of hydrogen-bond acceptors (Lipinski definition) is 3. The lowest BCUT2D eigenvalue weighted by Gasteiger charge is -2.22. The first kappa shape index (κ1) is 26.6. The van der Waals surface area contributed by atoms with Crippen LogP contribution >= 0.6 is 11.6 Å². The van der Waals surface area contributed by atoms with E-state index >= 15 is 0 Å². The number of carbonyl (C=O) groups excluding carboxylic acids is 2. The number of hydrogen-bond donors (Lipinski definition) is 2. The predicted octanol–water partition coefficient (Wildman–Crippen LogP) is 7.40. The second kappa shape index (κ2) is 12.2. The summed E-state index contributed by atoms with van der Waals surface area (Å²) >= 11 is 6.47. The van der Waals surface area contributed by atoms with E-state index in [1.807, 2.05) is 25.2 Å². The van der Waals surface area contributed by atoms with E-state index < -0.39 is 0 Å². The molecule has 1 amide bonds. The van der Waals surface area contributed by atoms with Gasteiger partial charge in [0.2, 0.25) is 0 Å². The van der Waals surface area contributed by atoms with Crippen LogP contribution in [0.4, 0.5) is 0 Å². The quantitative estimate of drug-likeness (QED) is 0.154. The third-order valence-corrected chi connectivity index (χ3v) is 7.54. The van der Waals surface area contributed by atoms with Crippen molar-refractivity contribution in [2.45, 2.75) is 65.2 Å². The summed E-state index contributed by atoms with van der Waals surface area (Å²) in [6.07, 6.45) is 21.9. The zero-order chi connectivity index (χ0) is 26.4. The van der Waals surface area contributed by atoms with Crippen LogP contribution in [0.1, 0.15) is 65.2 Å². The van der Waals surface area contributed by atoms with E-state index in [1.165, 1.54) is 28.5 Å². The van der Waals surface area contributed by atoms with Crippen LogP contribution in [-0.2, 0) is 9.59 Å². The Morgan fingerprint density at radius 1 is 1.16 bits per heavy atom. The average Bonchev–Trinajstić information content (AvgIpc) is 3.75. The normalized spacial score (nSPS) is 20.5. The van der Waals surface area contributed by atoms with Crippen molar-refractivity contribution in [2.24, 2.45) is 5.92 Å². The Balaban J connectivity index is 1.53. The molecule has 0 unspecified atom stereocenters. The molecule has 190 valence electrons. The number of carbonyl (C=O) groups is 2. The minimum absolute atomic E-state index is 0.134. The van der Waals surface area contributed by atoms with Crippen molar-refractivity contribution in [3.8, 4) is 0 Å². The van der Waals surface area contributed by atoms with E-state index in [1.54, 1.807) is 19.1 Å². The highest BCUT2D eigenvalue weighted by Crippen LogP contribution is 2.37. The molecule has 0 saturated heterocycles. The lowest BCUT2D eigenvalue weighted by atomic mass is 9.83. The maximum absolute atomic E-state index is 13.1. The van der Waals surface area contributed by atoms with Crippen molar-refractivity contribution in [3.63, 3.8) is 0 Å². The minimum Gasteiger partial charge on any atom is -0.322 e. The van der Waals surface area contributed by atoms with Gasteiger partial charge in [0.05, 0.1) is 5.03 Å². The van der Waals surface area contributed by atoms with Crippen molar-refractivity contribution in [1.29, 1.82) is 5.41 Å². The molecular weight excluding hydrogens is 480 g/mol. The molecule has 0 aliphatic heterocycles. The molecule has 0 heterocycles. The fraction of sp³-hybridized carbons (Fsp3) is 0.344. The van der Waals surface area contributed by atoms with Gasteiger partial charge in [-0.15, -0.1) is 11.5 Å². The van der Waals surface area contributed by atoms with Crippen molar-refractivity contribution >= 4 is 29.5 Å². The number of amides is 1. The number of allylic oxidation sites excluding steroid dienone is 12. The van der Waals surface area contributed by atoms with E-state index in [2.05, 4.69) is 28.9 Å². The van der Waals surface area contributed by atoms with E-state index in [0.29, 0.717) is 27.7 Å². The first-order valence-corrected chi connectivity index (χ1v) is 13.3. The Kier molecular flexibility index (Phi) is 8.79. The van der Waals surface area contributed by atoms with Gasteiger partial charge < -0.3 is 10.7 Å². The fourth-order valence-electron chi connectivity index (χ4n) is 4.78. The fourth-order valence-corrected chi connectivity index (χ4v) is 5.00. The summed E-state index contributed by atoms with van der Waals surface area (Å²) in [5.74, 6) is 0.252. The van der Waals surface area contributed by atoms with Gasteiger partial charge in [-0.3, -0.25) is 9.59 Å². The zero-order valence-electron chi connectivity index (χ0n) is 21.5. The first-order valence-electron chi connectivity index (χ1n) is 13.0. The summed E-state index contributed by atoms with van der Waals surface area (Å²) in [6.45, 7) is 3.63. The van der Waals surface area contributed by atoms with Gasteiger partial charge in [-0.1, -0.05) is 29.3 Å². The Hall–Kier alpha value is -3.42. The number of nitrogens with one attached hydrogen (secondary N) is 2. The lowest BCUT2D eigenvalue weighted by Crippen LogP contribution is -2.24. The monoisotopic (exact) mass is 512 g/mol. The van der Waals surface area contributed by atoms with Gasteiger partial charge in [-0.25, -0.2) is 0 Å². The van der Waals surface area contributed by atoms with Gasteiger partial charge in [-0.05, 0) is 112 Å². The second-order valence-corrected chi connectivity index (χ2v) is 10.2. The van der Waals surface area contributed by atoms with Crippen LogP contribution in [0.2, 0.25) is 0 Å². The molecule has 37 heavy (non-hydrogen) atoms. The molecule has 1 fully saturated rings. The zero-order valence-corrected chi connectivity index (χ0v) is 22.3. The highest BCUT2D eigenvalue weighted by Gasteiger charge is 2.28. The molecule has 2 N–H and O–H groups in total. The van der Waals surface area contributed by atoms with E-state index in [4.69, 9.17) is 17.0 Å². The smallest absolute Gasteiger partial charge is 0.253 e. The summed E-state index contributed by atoms with van der Waals surface area (Å²) < 4.78 is 0. The summed E-state index contributed by atoms with van der Waals surface area (Å²) in [5, 5.41) is 10.8. The average molecular weight is 513 g/mol. The lowest BCUT2D eigenvalue weighted by molar-refractivity contribution is -0.117. The van der Waals surface area contributed by atoms with Gasteiger partial charge in [0.25, 0.3) is 5.91 Å². The molecule has 5 heteroatoms. The molecule has 4 rings (SSSR count). The largest absolute Gasteiger partial charge is 0.322 e. The molecule has 4 nitrogen and oxygen atoms in total. The Bertz CT molecular complexity index is 1340. The van der Waals surface area contributed by atoms with E-state index in [0.717, 1.165) is 50.5 Å². The molecule has 0 spiro atoms. The van der Waals surface area contributed by atoms with Gasteiger partial charge >= 0.3 is 0 Å². The summed E-state index contributed by atoms with van der Waals surface area (Å²) in [6, 6.07) is 0. The van der Waals surface area contributed by atoms with E-state index in [9.17, 15) is 9.59 Å². The third kappa shape index (κ3) is 6.87. The Labute approximate surface area is 224 Å². The Morgan fingerprint density at radius 2 is 1.95 bits per heavy atom. The molecule has 4 aliphatic carbocycles. The molecule has 0 atom stereocenters. The van der Waals surface area contributed by atoms with Crippen molar-refractivity contribution in [1.82, 2.24) is 5.32 Å². The van der Waals surface area contributed by atoms with Crippen LogP contribution in [-0.4, -0.2) is 17.9 Å². The highest BCUT2D eigenvalue weighted by molar-refractivity contribution is 6.34. The van der Waals surface area contributed by atoms with Crippen LogP contribution in [0.5, 0.6) is 0 Å². The number of rotatable bonds is 8. The van der Waals surface area contributed by atoms with Gasteiger partial charge in [0, 0.05) is 35.3 Å². The van der Waals surface area contributed by atoms with Crippen LogP contribution in [0.25, 0.3) is 0 Å². The molecule has 0 aromatic rings. The molecule has 0 aromatic carbocycles. The summed E-state index contributed by atoms with van der Waals surface area (Å²) in [4.78, 5) is 25.3. The molecular formula is C32H33ClN2O2. The predicted molar refractivity (Wildman–Crippen MR) is 150 cm³/mol. The van der Waals surface area contributed by atoms with Gasteiger partial charge in [-0.2, -0.15) is 0 Å². The SMILES string of the molecule is CC=C=C(C)/C(Cl)=C(\CC=N)C(=O)NC1=CC2=C(C=C=C1)CCC(C1=CC/C(=C\C(=O)C3CC3)CC1)=C2. The molecule has 0 bridgehead atoms. The minimum atomic E-state index is -0.339. The number of ketones is 1. The molecule has 1 saturated carbocycles. The highest BCUT2D eigenvalue weighted by atomic mass is 35.5. The maximum atomic E-state index is 13.1.